The summed E-state index contributed by atoms with van der Waals surface area (Å²) in [6, 6.07) is 3.29. The van der Waals surface area contributed by atoms with E-state index >= 15 is 0 Å². The van der Waals surface area contributed by atoms with Crippen molar-refractivity contribution in [2.24, 2.45) is 5.41 Å². The Hall–Kier alpha value is -1.51. The molecule has 1 aromatic rings. The number of piperidine rings is 1. The maximum Gasteiger partial charge on any atom is 0.255 e. The molecule has 0 aliphatic carbocycles. The first-order chi connectivity index (χ1) is 11.4. The van der Waals surface area contributed by atoms with Gasteiger partial charge in [0.25, 0.3) is 5.91 Å². The van der Waals surface area contributed by atoms with E-state index in [4.69, 9.17) is 4.74 Å². The minimum Gasteiger partial charge on any atom is -0.380 e. The highest BCUT2D eigenvalue weighted by atomic mass is 32.2. The van der Waals surface area contributed by atoms with Gasteiger partial charge < -0.3 is 9.64 Å². The maximum atomic E-state index is 12.5. The number of amides is 1. The number of nitrogens with zero attached hydrogens (tertiary/aromatic N) is 2. The third-order valence-corrected chi connectivity index (χ3v) is 5.79. The van der Waals surface area contributed by atoms with Crippen molar-refractivity contribution in [3.05, 3.63) is 30.1 Å². The summed E-state index contributed by atoms with van der Waals surface area (Å²) in [7, 11) is -3.29. The van der Waals surface area contributed by atoms with Crippen LogP contribution in [0.3, 0.4) is 0 Å². The molecule has 7 nitrogen and oxygen atoms in total. The van der Waals surface area contributed by atoms with Gasteiger partial charge in [-0.15, -0.1) is 0 Å². The second kappa shape index (κ2) is 6.78. The topological polar surface area (TPSA) is 88.6 Å². The molecule has 8 heteroatoms. The average Bonchev–Trinajstić information content (AvgIpc) is 2.57. The van der Waals surface area contributed by atoms with Gasteiger partial charge in [-0.1, -0.05) is 0 Å². The first kappa shape index (κ1) is 17.3. The monoisotopic (exact) mass is 353 g/mol. The van der Waals surface area contributed by atoms with Gasteiger partial charge in [-0.05, 0) is 36.8 Å². The van der Waals surface area contributed by atoms with Crippen LogP contribution in [-0.4, -0.2) is 62.8 Å². The summed E-state index contributed by atoms with van der Waals surface area (Å²) in [4.78, 5) is 18.4. The average molecular weight is 353 g/mol. The van der Waals surface area contributed by atoms with Crippen molar-refractivity contribution in [2.45, 2.75) is 25.3 Å². The van der Waals surface area contributed by atoms with Crippen molar-refractivity contribution in [1.29, 1.82) is 0 Å². The molecule has 1 N–H and O–H groups in total. The lowest BCUT2D eigenvalue weighted by Crippen LogP contribution is -2.57. The van der Waals surface area contributed by atoms with Crippen LogP contribution in [0.4, 0.5) is 0 Å². The number of hydrogen-bond acceptors (Lipinski definition) is 5. The number of pyridine rings is 1. The Morgan fingerprint density at radius 1 is 1.38 bits per heavy atom. The number of likely N-dealkylation sites (tertiary alicyclic amines) is 1. The Kier molecular flexibility index (Phi) is 4.89. The van der Waals surface area contributed by atoms with Gasteiger partial charge in [-0.25, -0.2) is 13.1 Å². The zero-order chi connectivity index (χ0) is 17.2. The maximum absolute atomic E-state index is 12.5. The molecule has 2 fully saturated rings. The molecule has 1 amide bonds. The number of hydrogen-bond donors (Lipinski definition) is 1. The highest BCUT2D eigenvalue weighted by Crippen LogP contribution is 2.41. The summed E-state index contributed by atoms with van der Waals surface area (Å²) in [6.07, 6.45) is 6.76. The minimum atomic E-state index is -3.29. The molecule has 0 saturated carbocycles. The summed E-state index contributed by atoms with van der Waals surface area (Å²) < 4.78 is 31.5. The van der Waals surface area contributed by atoms with Crippen LogP contribution in [0.15, 0.2) is 24.5 Å². The Morgan fingerprint density at radius 3 is 2.75 bits per heavy atom. The summed E-state index contributed by atoms with van der Waals surface area (Å²) in [6.45, 7) is 2.27. The molecule has 2 aliphatic rings. The van der Waals surface area contributed by atoms with Gasteiger partial charge in [-0.3, -0.25) is 9.78 Å². The lowest BCUT2D eigenvalue weighted by Gasteiger charge is -2.48. The van der Waals surface area contributed by atoms with E-state index in [0.29, 0.717) is 31.9 Å². The van der Waals surface area contributed by atoms with Crippen LogP contribution in [0, 0.1) is 5.41 Å². The van der Waals surface area contributed by atoms with Gasteiger partial charge in [-0.2, -0.15) is 0 Å². The molecule has 24 heavy (non-hydrogen) atoms. The third-order valence-electron chi connectivity index (χ3n) is 5.08. The van der Waals surface area contributed by atoms with Gasteiger partial charge in [0.05, 0.1) is 24.5 Å². The Bertz CT molecular complexity index is 685. The number of sulfonamides is 1. The third kappa shape index (κ3) is 3.76. The predicted octanol–water partition coefficient (Wildman–Crippen LogP) is 0.642. The van der Waals surface area contributed by atoms with E-state index in [-0.39, 0.29) is 17.4 Å². The molecule has 0 aromatic carbocycles. The number of ether oxygens (including phenoxy) is 1. The van der Waals surface area contributed by atoms with Gasteiger partial charge in [0.15, 0.2) is 0 Å². The van der Waals surface area contributed by atoms with Crippen molar-refractivity contribution < 1.29 is 17.9 Å². The van der Waals surface area contributed by atoms with Crippen LogP contribution >= 0.6 is 0 Å². The molecule has 1 aromatic heterocycles. The molecule has 1 spiro atoms. The number of carbonyl (C=O) groups is 1. The van der Waals surface area contributed by atoms with E-state index in [1.807, 2.05) is 4.90 Å². The number of carbonyl (C=O) groups excluding carboxylic acids is 1. The second-order valence-electron chi connectivity index (χ2n) is 6.66. The van der Waals surface area contributed by atoms with Gasteiger partial charge in [0, 0.05) is 32.1 Å². The summed E-state index contributed by atoms with van der Waals surface area (Å²) in [5, 5.41) is 0. The van der Waals surface area contributed by atoms with Crippen molar-refractivity contribution in [3.8, 4) is 0 Å². The predicted molar refractivity (Wildman–Crippen MR) is 89.0 cm³/mol. The quantitative estimate of drug-likeness (QED) is 0.862. The number of nitrogens with one attached hydrogen (secondary N) is 1. The van der Waals surface area contributed by atoms with Crippen LogP contribution in [0.2, 0.25) is 0 Å². The van der Waals surface area contributed by atoms with Crippen LogP contribution in [0.5, 0.6) is 0 Å². The first-order valence-electron chi connectivity index (χ1n) is 8.14. The van der Waals surface area contributed by atoms with E-state index in [1.54, 1.807) is 24.5 Å². The molecule has 2 saturated heterocycles. The van der Waals surface area contributed by atoms with Gasteiger partial charge >= 0.3 is 0 Å². The van der Waals surface area contributed by atoms with Crippen molar-refractivity contribution >= 4 is 15.9 Å². The number of aromatic nitrogens is 1. The zero-order valence-electron chi connectivity index (χ0n) is 13.8. The van der Waals surface area contributed by atoms with E-state index in [9.17, 15) is 13.2 Å². The van der Waals surface area contributed by atoms with E-state index in [0.717, 1.165) is 19.3 Å². The lowest BCUT2D eigenvalue weighted by atomic mass is 9.69. The lowest BCUT2D eigenvalue weighted by molar-refractivity contribution is -0.0400. The summed E-state index contributed by atoms with van der Waals surface area (Å²) in [5.41, 5.74) is 0.457. The molecular formula is C16H23N3O4S. The van der Waals surface area contributed by atoms with Crippen LogP contribution in [-0.2, 0) is 14.8 Å². The SMILES string of the molecule is CS(=O)(=O)NC1COCCC12CCN(C(=O)c1cccnc1)CC2. The Balaban J connectivity index is 1.69. The molecule has 0 bridgehead atoms. The Labute approximate surface area is 142 Å². The molecule has 3 rings (SSSR count). The Morgan fingerprint density at radius 2 is 2.12 bits per heavy atom. The normalized spacial score (nSPS) is 24.0. The fourth-order valence-electron chi connectivity index (χ4n) is 3.67. The standard InChI is InChI=1S/C16H23N3O4S/c1-24(21,22)18-14-12-23-10-6-16(14)4-8-19(9-5-16)15(20)13-3-2-7-17-11-13/h2-3,7,11,14,18H,4-6,8-10,12H2,1H3. The molecule has 0 radical (unpaired) electrons. The summed E-state index contributed by atoms with van der Waals surface area (Å²) >= 11 is 0. The largest absolute Gasteiger partial charge is 0.380 e. The molecule has 2 aliphatic heterocycles. The van der Waals surface area contributed by atoms with E-state index < -0.39 is 10.0 Å². The first-order valence-corrected chi connectivity index (χ1v) is 10.0. The fraction of sp³-hybridized carbons (Fsp3) is 0.625. The van der Waals surface area contributed by atoms with Gasteiger partial charge in [0.1, 0.15) is 0 Å². The van der Waals surface area contributed by atoms with Crippen LogP contribution in [0.25, 0.3) is 0 Å². The van der Waals surface area contributed by atoms with Crippen molar-refractivity contribution in [2.75, 3.05) is 32.6 Å². The fourth-order valence-corrected chi connectivity index (χ4v) is 4.51. The molecule has 132 valence electrons. The van der Waals surface area contributed by atoms with Crippen LogP contribution < -0.4 is 4.72 Å². The highest BCUT2D eigenvalue weighted by molar-refractivity contribution is 7.88. The van der Waals surface area contributed by atoms with Gasteiger partial charge in [0.2, 0.25) is 10.0 Å². The smallest absolute Gasteiger partial charge is 0.255 e. The van der Waals surface area contributed by atoms with E-state index in [2.05, 4.69) is 9.71 Å². The van der Waals surface area contributed by atoms with E-state index in [1.165, 1.54) is 6.26 Å². The second-order valence-corrected chi connectivity index (χ2v) is 8.44. The highest BCUT2D eigenvalue weighted by Gasteiger charge is 2.45. The summed E-state index contributed by atoms with van der Waals surface area (Å²) in [5.74, 6) is -0.0161. The van der Waals surface area contributed by atoms with Crippen molar-refractivity contribution in [3.63, 3.8) is 0 Å². The molecular weight excluding hydrogens is 330 g/mol. The number of rotatable bonds is 3. The molecule has 1 atom stereocenters. The minimum absolute atomic E-state index is 0.0161. The van der Waals surface area contributed by atoms with Crippen LogP contribution in [0.1, 0.15) is 29.6 Å². The zero-order valence-corrected chi connectivity index (χ0v) is 14.6. The molecule has 3 heterocycles. The molecule has 1 unspecified atom stereocenters. The van der Waals surface area contributed by atoms with Crippen molar-refractivity contribution in [1.82, 2.24) is 14.6 Å².